The molecule has 0 amide bonds. The van der Waals surface area contributed by atoms with Crippen LogP contribution in [-0.2, 0) is 13.6 Å². The lowest BCUT2D eigenvalue weighted by Gasteiger charge is -2.15. The highest BCUT2D eigenvalue weighted by molar-refractivity contribution is 5.76. The van der Waals surface area contributed by atoms with Gasteiger partial charge in [0.1, 0.15) is 11.5 Å². The van der Waals surface area contributed by atoms with Gasteiger partial charge in [-0.3, -0.25) is 14.0 Å². The van der Waals surface area contributed by atoms with Crippen molar-refractivity contribution in [2.24, 2.45) is 7.05 Å². The normalized spacial score (nSPS) is 11.3. The molecule has 1 N–H and O–H groups in total. The SMILES string of the molecule is COc1ccc(CNc2cc(=O)n(-c3ccc(OC(F)(F)F)cc3)cc2-c2cnn(C)c2)cc1. The van der Waals surface area contributed by atoms with Crippen LogP contribution in [0.15, 0.2) is 78.0 Å². The number of anilines is 1. The van der Waals surface area contributed by atoms with Crippen LogP contribution in [0.25, 0.3) is 16.8 Å². The third-order valence-electron chi connectivity index (χ3n) is 5.06. The zero-order valence-corrected chi connectivity index (χ0v) is 18.3. The van der Waals surface area contributed by atoms with Crippen LogP contribution in [0.5, 0.6) is 11.5 Å². The summed E-state index contributed by atoms with van der Waals surface area (Å²) in [6.45, 7) is 0.462. The van der Waals surface area contributed by atoms with E-state index >= 15 is 0 Å². The monoisotopic (exact) mass is 470 g/mol. The zero-order valence-electron chi connectivity index (χ0n) is 18.3. The third kappa shape index (κ3) is 5.40. The Morgan fingerprint density at radius 2 is 1.68 bits per heavy atom. The summed E-state index contributed by atoms with van der Waals surface area (Å²) in [6.07, 6.45) is 0.324. The molecule has 0 aliphatic carbocycles. The minimum atomic E-state index is -4.79. The number of aryl methyl sites for hydroxylation is 1. The van der Waals surface area contributed by atoms with E-state index in [1.54, 1.807) is 31.2 Å². The molecule has 34 heavy (non-hydrogen) atoms. The first-order valence-corrected chi connectivity index (χ1v) is 10.2. The Labute approximate surface area is 193 Å². The van der Waals surface area contributed by atoms with Gasteiger partial charge in [-0.25, -0.2) is 0 Å². The summed E-state index contributed by atoms with van der Waals surface area (Å²) in [7, 11) is 3.38. The Balaban J connectivity index is 1.67. The second-order valence-corrected chi connectivity index (χ2v) is 7.46. The maximum absolute atomic E-state index is 12.9. The molecule has 0 saturated heterocycles. The Morgan fingerprint density at radius 3 is 2.26 bits per heavy atom. The highest BCUT2D eigenvalue weighted by Gasteiger charge is 2.31. The summed E-state index contributed by atoms with van der Waals surface area (Å²) in [6, 6.07) is 14.1. The molecule has 4 aromatic rings. The van der Waals surface area contributed by atoms with Crippen LogP contribution in [0.1, 0.15) is 5.56 Å². The number of nitrogens with one attached hydrogen (secondary N) is 1. The van der Waals surface area contributed by atoms with Gasteiger partial charge in [-0.15, -0.1) is 13.2 Å². The van der Waals surface area contributed by atoms with Gasteiger partial charge in [-0.05, 0) is 42.0 Å². The lowest BCUT2D eigenvalue weighted by Crippen LogP contribution is -2.19. The standard InChI is InChI=1S/C24H21F3N4O3/c1-30-14-17(13-29-30)21-15-31(18-5-9-20(10-6-18)34-24(25,26)27)23(32)11-22(21)28-12-16-3-7-19(33-2)8-4-16/h3-11,13-15,28H,12H2,1-2H3. The number of aromatic nitrogens is 3. The van der Waals surface area contributed by atoms with Crippen molar-refractivity contribution in [1.82, 2.24) is 14.3 Å². The van der Waals surface area contributed by atoms with Gasteiger partial charge in [0.2, 0.25) is 0 Å². The first-order chi connectivity index (χ1) is 16.2. The van der Waals surface area contributed by atoms with Gasteiger partial charge in [0.15, 0.2) is 0 Å². The van der Waals surface area contributed by atoms with Crippen molar-refractivity contribution in [3.8, 4) is 28.3 Å². The minimum absolute atomic E-state index is 0.352. The van der Waals surface area contributed by atoms with Crippen molar-refractivity contribution in [1.29, 1.82) is 0 Å². The van der Waals surface area contributed by atoms with Crippen molar-refractivity contribution in [2.45, 2.75) is 12.9 Å². The van der Waals surface area contributed by atoms with Crippen molar-refractivity contribution in [3.05, 3.63) is 89.1 Å². The first-order valence-electron chi connectivity index (χ1n) is 10.2. The quantitative estimate of drug-likeness (QED) is 0.422. The average molecular weight is 470 g/mol. The molecule has 176 valence electrons. The maximum Gasteiger partial charge on any atom is 0.573 e. The van der Waals surface area contributed by atoms with Crippen molar-refractivity contribution in [2.75, 3.05) is 12.4 Å². The number of nitrogens with zero attached hydrogens (tertiary/aromatic N) is 3. The molecule has 0 aliphatic rings. The van der Waals surface area contributed by atoms with Crippen LogP contribution in [0.2, 0.25) is 0 Å². The van der Waals surface area contributed by atoms with E-state index in [-0.39, 0.29) is 11.3 Å². The Morgan fingerprint density at radius 1 is 1.00 bits per heavy atom. The summed E-state index contributed by atoms with van der Waals surface area (Å²) < 4.78 is 49.4. The zero-order chi connectivity index (χ0) is 24.3. The fourth-order valence-corrected chi connectivity index (χ4v) is 3.42. The van der Waals surface area contributed by atoms with Crippen LogP contribution >= 0.6 is 0 Å². The maximum atomic E-state index is 12.9. The number of hydrogen-bond donors (Lipinski definition) is 1. The van der Waals surface area contributed by atoms with Gasteiger partial charge < -0.3 is 14.8 Å². The summed E-state index contributed by atoms with van der Waals surface area (Å²) >= 11 is 0. The van der Waals surface area contributed by atoms with E-state index in [1.165, 1.54) is 22.8 Å². The molecule has 0 unspecified atom stereocenters. The minimum Gasteiger partial charge on any atom is -0.497 e. The van der Waals surface area contributed by atoms with Gasteiger partial charge >= 0.3 is 6.36 Å². The fourth-order valence-electron chi connectivity index (χ4n) is 3.42. The van der Waals surface area contributed by atoms with E-state index in [9.17, 15) is 18.0 Å². The predicted octanol–water partition coefficient (Wildman–Crippen LogP) is 4.76. The van der Waals surface area contributed by atoms with Crippen LogP contribution in [0.3, 0.4) is 0 Å². The number of hydrogen-bond acceptors (Lipinski definition) is 5. The van der Waals surface area contributed by atoms with Crippen molar-refractivity contribution in [3.63, 3.8) is 0 Å². The van der Waals surface area contributed by atoms with E-state index in [2.05, 4.69) is 15.2 Å². The number of halogens is 3. The summed E-state index contributed by atoms with van der Waals surface area (Å²) in [4.78, 5) is 12.9. The molecule has 0 spiro atoms. The van der Waals surface area contributed by atoms with E-state index in [4.69, 9.17) is 4.74 Å². The van der Waals surface area contributed by atoms with E-state index in [1.807, 2.05) is 30.5 Å². The molecule has 2 aromatic heterocycles. The molecule has 2 aromatic carbocycles. The lowest BCUT2D eigenvalue weighted by molar-refractivity contribution is -0.274. The second-order valence-electron chi connectivity index (χ2n) is 7.46. The van der Waals surface area contributed by atoms with Gasteiger partial charge in [0.25, 0.3) is 5.56 Å². The molecule has 0 atom stereocenters. The molecule has 10 heteroatoms. The number of alkyl halides is 3. The average Bonchev–Trinajstić information content (AvgIpc) is 3.23. The van der Waals surface area contributed by atoms with Crippen LogP contribution in [0.4, 0.5) is 18.9 Å². The van der Waals surface area contributed by atoms with E-state index < -0.39 is 6.36 Å². The van der Waals surface area contributed by atoms with Gasteiger partial charge in [0, 0.05) is 54.6 Å². The van der Waals surface area contributed by atoms with Gasteiger partial charge in [-0.1, -0.05) is 12.1 Å². The van der Waals surface area contributed by atoms with Crippen molar-refractivity contribution >= 4 is 5.69 Å². The third-order valence-corrected chi connectivity index (χ3v) is 5.06. The van der Waals surface area contributed by atoms with Gasteiger partial charge in [0.05, 0.1) is 13.3 Å². The highest BCUT2D eigenvalue weighted by atomic mass is 19.4. The summed E-state index contributed by atoms with van der Waals surface area (Å²) in [5, 5.41) is 7.50. The molecule has 0 fully saturated rings. The molecule has 2 heterocycles. The van der Waals surface area contributed by atoms with E-state index in [0.717, 1.165) is 29.0 Å². The predicted molar refractivity (Wildman–Crippen MR) is 121 cm³/mol. The van der Waals surface area contributed by atoms with Crippen LogP contribution in [-0.4, -0.2) is 27.8 Å². The number of pyridine rings is 1. The molecular weight excluding hydrogens is 449 g/mol. The first kappa shape index (κ1) is 23.0. The number of ether oxygens (including phenoxy) is 2. The van der Waals surface area contributed by atoms with E-state index in [0.29, 0.717) is 23.5 Å². The second kappa shape index (κ2) is 9.34. The fraction of sp³-hybridized carbons (Fsp3) is 0.167. The molecule has 0 radical (unpaired) electrons. The summed E-state index contributed by atoms with van der Waals surface area (Å²) in [5.74, 6) is 0.378. The molecule has 0 saturated carbocycles. The number of methoxy groups -OCH3 is 1. The Kier molecular flexibility index (Phi) is 6.31. The van der Waals surface area contributed by atoms with Gasteiger partial charge in [-0.2, -0.15) is 5.10 Å². The summed E-state index contributed by atoms with van der Waals surface area (Å²) in [5.41, 5.74) is 3.10. The molecule has 7 nitrogen and oxygen atoms in total. The highest BCUT2D eigenvalue weighted by Crippen LogP contribution is 2.29. The number of benzene rings is 2. The van der Waals surface area contributed by atoms with Crippen LogP contribution in [0, 0.1) is 0 Å². The smallest absolute Gasteiger partial charge is 0.497 e. The largest absolute Gasteiger partial charge is 0.573 e. The molecular formula is C24H21F3N4O3. The molecule has 0 bridgehead atoms. The number of rotatable bonds is 7. The Bertz CT molecular complexity index is 1330. The van der Waals surface area contributed by atoms with Crippen LogP contribution < -0.4 is 20.3 Å². The van der Waals surface area contributed by atoms with Crippen molar-refractivity contribution < 1.29 is 22.6 Å². The molecule has 4 rings (SSSR count). The lowest BCUT2D eigenvalue weighted by atomic mass is 10.1. The topological polar surface area (TPSA) is 70.3 Å². The molecule has 0 aliphatic heterocycles. The Hall–Kier alpha value is -4.21.